The summed E-state index contributed by atoms with van der Waals surface area (Å²) in [7, 11) is 3.00. The molecule has 0 bridgehead atoms. The van der Waals surface area contributed by atoms with Crippen molar-refractivity contribution < 1.29 is 39.5 Å². The summed E-state index contributed by atoms with van der Waals surface area (Å²) in [4.78, 5) is 24.2. The van der Waals surface area contributed by atoms with Gasteiger partial charge >= 0.3 is 0 Å². The first-order valence-electron chi connectivity index (χ1n) is 9.96. The summed E-state index contributed by atoms with van der Waals surface area (Å²) in [6, 6.07) is 11.4. The summed E-state index contributed by atoms with van der Waals surface area (Å²) in [5.74, 6) is -0.369. The van der Waals surface area contributed by atoms with E-state index < -0.39 is 37.3 Å². The third-order valence-corrected chi connectivity index (χ3v) is 5.20. The van der Waals surface area contributed by atoms with E-state index in [4.69, 9.17) is 9.47 Å². The van der Waals surface area contributed by atoms with Crippen LogP contribution in [0.25, 0.3) is 11.1 Å². The van der Waals surface area contributed by atoms with E-state index in [0.29, 0.717) is 28.0 Å². The van der Waals surface area contributed by atoms with Gasteiger partial charge in [0.25, 0.3) is 11.8 Å². The zero-order valence-corrected chi connectivity index (χ0v) is 17.6. The van der Waals surface area contributed by atoms with Crippen LogP contribution in [0.2, 0.25) is 0 Å². The highest BCUT2D eigenvalue weighted by Crippen LogP contribution is 2.28. The second kappa shape index (κ2) is 10.1. The molecule has 32 heavy (non-hydrogen) atoms. The predicted molar refractivity (Wildman–Crippen MR) is 113 cm³/mol. The number of aliphatic hydroxyl groups excluding tert-OH is 4. The van der Waals surface area contributed by atoms with E-state index in [1.165, 1.54) is 20.2 Å². The number of hydrogen-bond acceptors (Lipinski definition) is 8. The monoisotopic (exact) mass is 446 g/mol. The van der Waals surface area contributed by atoms with E-state index in [1.54, 1.807) is 36.4 Å². The molecule has 1 heterocycles. The second-order valence-electron chi connectivity index (χ2n) is 7.30. The van der Waals surface area contributed by atoms with Crippen LogP contribution in [0.3, 0.4) is 0 Å². The highest BCUT2D eigenvalue weighted by molar-refractivity contribution is 6.01. The van der Waals surface area contributed by atoms with Gasteiger partial charge in [-0.2, -0.15) is 0 Å². The molecule has 0 spiro atoms. The summed E-state index contributed by atoms with van der Waals surface area (Å²) < 4.78 is 10.9. The smallest absolute Gasteiger partial charge is 0.251 e. The number of carbonyl (C=O) groups is 2. The van der Waals surface area contributed by atoms with Crippen LogP contribution in [0.1, 0.15) is 20.7 Å². The van der Waals surface area contributed by atoms with Crippen LogP contribution >= 0.6 is 0 Å². The first-order chi connectivity index (χ1) is 15.3. The number of carbonyl (C=O) groups excluding carboxylic acids is 2. The maximum absolute atomic E-state index is 12.1. The molecule has 1 saturated heterocycles. The molecule has 1 fully saturated rings. The third-order valence-electron chi connectivity index (χ3n) is 5.20. The Labute approximate surface area is 184 Å². The molecule has 2 aromatic rings. The van der Waals surface area contributed by atoms with Gasteiger partial charge in [0.1, 0.15) is 30.2 Å². The minimum absolute atomic E-state index is 0.298. The molecular weight excluding hydrogens is 420 g/mol. The fourth-order valence-electron chi connectivity index (χ4n) is 3.37. The van der Waals surface area contributed by atoms with Crippen LogP contribution in [0.15, 0.2) is 42.5 Å². The average molecular weight is 446 g/mol. The van der Waals surface area contributed by atoms with Crippen molar-refractivity contribution in [1.29, 1.82) is 0 Å². The van der Waals surface area contributed by atoms with Gasteiger partial charge in [0, 0.05) is 25.2 Å². The molecule has 10 heteroatoms. The number of rotatable bonds is 6. The number of benzene rings is 2. The highest BCUT2D eigenvalue weighted by Gasteiger charge is 2.44. The zero-order chi connectivity index (χ0) is 23.4. The number of aliphatic hydroxyl groups is 4. The van der Waals surface area contributed by atoms with Crippen molar-refractivity contribution in [2.75, 3.05) is 20.7 Å². The Hall–Kier alpha value is -3.02. The molecule has 2 aromatic carbocycles. The van der Waals surface area contributed by atoms with Crippen molar-refractivity contribution in [3.05, 3.63) is 53.6 Å². The molecule has 6 N–H and O–H groups in total. The van der Waals surface area contributed by atoms with Gasteiger partial charge in [0.05, 0.1) is 6.61 Å². The number of ether oxygens (including phenoxy) is 2. The first-order valence-corrected chi connectivity index (χ1v) is 9.96. The third kappa shape index (κ3) is 4.90. The fourth-order valence-corrected chi connectivity index (χ4v) is 3.37. The normalized spacial score (nSPS) is 25.1. The van der Waals surface area contributed by atoms with Crippen molar-refractivity contribution in [2.24, 2.45) is 0 Å². The van der Waals surface area contributed by atoms with E-state index >= 15 is 0 Å². The zero-order valence-electron chi connectivity index (χ0n) is 17.6. The molecule has 1 aliphatic rings. The van der Waals surface area contributed by atoms with Crippen LogP contribution < -0.4 is 15.4 Å². The molecule has 0 saturated carbocycles. The predicted octanol–water partition coefficient (Wildman–Crippen LogP) is -0.748. The van der Waals surface area contributed by atoms with Gasteiger partial charge < -0.3 is 40.5 Å². The van der Waals surface area contributed by atoms with Crippen LogP contribution in [0.5, 0.6) is 5.75 Å². The first kappa shape index (κ1) is 23.6. The van der Waals surface area contributed by atoms with Crippen LogP contribution in [0, 0.1) is 0 Å². The lowest BCUT2D eigenvalue weighted by molar-refractivity contribution is -0.277. The van der Waals surface area contributed by atoms with Gasteiger partial charge in [-0.05, 0) is 41.5 Å². The van der Waals surface area contributed by atoms with Crippen molar-refractivity contribution in [3.63, 3.8) is 0 Å². The molecule has 0 aliphatic carbocycles. The lowest BCUT2D eigenvalue weighted by Crippen LogP contribution is -2.60. The Balaban J connectivity index is 1.84. The summed E-state index contributed by atoms with van der Waals surface area (Å²) in [5, 5.41) is 44.2. The maximum atomic E-state index is 12.1. The largest absolute Gasteiger partial charge is 0.462 e. The Morgan fingerprint density at radius 1 is 0.875 bits per heavy atom. The van der Waals surface area contributed by atoms with Gasteiger partial charge in [-0.15, -0.1) is 0 Å². The maximum Gasteiger partial charge on any atom is 0.251 e. The van der Waals surface area contributed by atoms with Crippen molar-refractivity contribution in [3.8, 4) is 16.9 Å². The molecular formula is C22H26N2O8. The van der Waals surface area contributed by atoms with Gasteiger partial charge in [0.15, 0.2) is 0 Å². The van der Waals surface area contributed by atoms with Gasteiger partial charge in [-0.25, -0.2) is 0 Å². The van der Waals surface area contributed by atoms with Crippen molar-refractivity contribution >= 4 is 11.8 Å². The summed E-state index contributed by atoms with van der Waals surface area (Å²) in [6.07, 6.45) is -6.91. The standard InChI is InChI=1S/C22H26N2O8/c1-23-20(29)13-7-12(8-14(9-13)21(30)24-2)11-3-5-15(6-4-11)31-22-19(28)18(27)17(26)16(10-25)32-22/h3-9,16-19,22,25-28H,10H2,1-2H3,(H,23,29)(H,24,30). The van der Waals surface area contributed by atoms with Crippen molar-refractivity contribution in [1.82, 2.24) is 10.6 Å². The minimum Gasteiger partial charge on any atom is -0.462 e. The van der Waals surface area contributed by atoms with E-state index in [-0.39, 0.29) is 11.8 Å². The molecule has 0 aromatic heterocycles. The minimum atomic E-state index is -1.54. The summed E-state index contributed by atoms with van der Waals surface area (Å²) >= 11 is 0. The average Bonchev–Trinajstić information content (AvgIpc) is 2.83. The van der Waals surface area contributed by atoms with E-state index in [0.717, 1.165) is 0 Å². The van der Waals surface area contributed by atoms with Crippen molar-refractivity contribution in [2.45, 2.75) is 30.7 Å². The Morgan fingerprint density at radius 2 is 1.44 bits per heavy atom. The molecule has 2 amide bonds. The van der Waals surface area contributed by atoms with E-state index in [1.807, 2.05) is 0 Å². The molecule has 172 valence electrons. The Morgan fingerprint density at radius 3 is 1.94 bits per heavy atom. The van der Waals surface area contributed by atoms with E-state index in [2.05, 4.69) is 10.6 Å². The number of hydrogen-bond donors (Lipinski definition) is 6. The van der Waals surface area contributed by atoms with E-state index in [9.17, 15) is 30.0 Å². The molecule has 1 aliphatic heterocycles. The molecule has 5 unspecified atom stereocenters. The molecule has 5 atom stereocenters. The Bertz CT molecular complexity index is 929. The number of nitrogens with one attached hydrogen (secondary N) is 2. The fraction of sp³-hybridized carbons (Fsp3) is 0.364. The number of amides is 2. The van der Waals surface area contributed by atoms with Crippen LogP contribution in [0.4, 0.5) is 0 Å². The van der Waals surface area contributed by atoms with Gasteiger partial charge in [-0.1, -0.05) is 12.1 Å². The quantitative estimate of drug-likeness (QED) is 0.338. The van der Waals surface area contributed by atoms with Gasteiger partial charge in [0.2, 0.25) is 6.29 Å². The second-order valence-corrected chi connectivity index (χ2v) is 7.30. The summed E-state index contributed by atoms with van der Waals surface area (Å²) in [5.41, 5.74) is 1.97. The lowest BCUT2D eigenvalue weighted by atomic mass is 9.98. The van der Waals surface area contributed by atoms with Gasteiger partial charge in [-0.3, -0.25) is 9.59 Å². The highest BCUT2D eigenvalue weighted by atomic mass is 16.7. The summed E-state index contributed by atoms with van der Waals surface area (Å²) in [6.45, 7) is -0.556. The lowest BCUT2D eigenvalue weighted by Gasteiger charge is -2.39. The SMILES string of the molecule is CNC(=O)c1cc(C(=O)NC)cc(-c2ccc(OC3OC(CO)C(O)C(O)C3O)cc2)c1. The van der Waals surface area contributed by atoms with Crippen LogP contribution in [-0.2, 0) is 4.74 Å². The molecule has 3 rings (SSSR count). The molecule has 0 radical (unpaired) electrons. The topological polar surface area (TPSA) is 158 Å². The molecule has 10 nitrogen and oxygen atoms in total. The van der Waals surface area contributed by atoms with Crippen LogP contribution in [-0.4, -0.2) is 83.6 Å². The Kier molecular flexibility index (Phi) is 7.44.